The molecule has 0 aromatic rings. The van der Waals surface area contributed by atoms with E-state index in [-0.39, 0.29) is 17.2 Å². The molecule has 5 heteroatoms. The average molecular weight is 273 g/mol. The van der Waals surface area contributed by atoms with Gasteiger partial charge in [-0.3, -0.25) is 4.79 Å². The fourth-order valence-corrected chi connectivity index (χ4v) is 3.58. The van der Waals surface area contributed by atoms with E-state index < -0.39 is 12.0 Å². The molecule has 1 aliphatic rings. The van der Waals surface area contributed by atoms with Gasteiger partial charge in [0.1, 0.15) is 6.04 Å². The first-order chi connectivity index (χ1) is 8.34. The molecule has 1 N–H and O–H groups in total. The zero-order valence-electron chi connectivity index (χ0n) is 11.5. The Hall–Kier alpha value is -0.710. The van der Waals surface area contributed by atoms with E-state index in [1.54, 1.807) is 16.7 Å². The highest BCUT2D eigenvalue weighted by Crippen LogP contribution is 2.34. The average Bonchev–Trinajstić information content (AvgIpc) is 2.70. The topological polar surface area (TPSA) is 57.6 Å². The maximum absolute atomic E-state index is 12.2. The minimum atomic E-state index is -0.886. The van der Waals surface area contributed by atoms with E-state index in [0.717, 1.165) is 6.42 Å². The summed E-state index contributed by atoms with van der Waals surface area (Å²) in [4.78, 5) is 25.0. The van der Waals surface area contributed by atoms with Crippen molar-refractivity contribution >= 4 is 23.6 Å². The van der Waals surface area contributed by atoms with Gasteiger partial charge in [-0.1, -0.05) is 27.7 Å². The van der Waals surface area contributed by atoms with E-state index in [9.17, 15) is 14.7 Å². The molecule has 0 aliphatic carbocycles. The molecule has 1 fully saturated rings. The molecule has 1 heterocycles. The van der Waals surface area contributed by atoms with Crippen molar-refractivity contribution in [2.24, 2.45) is 11.8 Å². The number of amides is 1. The first kappa shape index (κ1) is 15.3. The van der Waals surface area contributed by atoms with E-state index in [1.165, 1.54) is 0 Å². The van der Waals surface area contributed by atoms with Gasteiger partial charge < -0.3 is 10.0 Å². The monoisotopic (exact) mass is 273 g/mol. The van der Waals surface area contributed by atoms with Gasteiger partial charge in [0.25, 0.3) is 0 Å². The van der Waals surface area contributed by atoms with Gasteiger partial charge in [-0.2, -0.15) is 0 Å². The van der Waals surface area contributed by atoms with Crippen LogP contribution in [0, 0.1) is 11.8 Å². The highest BCUT2D eigenvalue weighted by molar-refractivity contribution is 8.00. The Morgan fingerprint density at radius 1 is 1.33 bits per heavy atom. The standard InChI is InChI=1S/C13H23NO3S/c1-8(2)5-6-11(15)14-10(13(16)17)7-18-12(14)9(3)4/h8-10,12H,5-7H2,1-4H3,(H,16,17). The Labute approximate surface area is 113 Å². The second-order valence-electron chi connectivity index (χ2n) is 5.56. The fourth-order valence-electron chi connectivity index (χ4n) is 2.09. The number of hydrogen-bond acceptors (Lipinski definition) is 3. The Morgan fingerprint density at radius 2 is 1.94 bits per heavy atom. The van der Waals surface area contributed by atoms with E-state index in [1.807, 2.05) is 13.8 Å². The zero-order chi connectivity index (χ0) is 13.9. The van der Waals surface area contributed by atoms with Crippen LogP contribution in [0.15, 0.2) is 0 Å². The Kier molecular flexibility index (Phi) is 5.50. The molecule has 1 saturated heterocycles. The molecule has 0 radical (unpaired) electrons. The van der Waals surface area contributed by atoms with Gasteiger partial charge in [0.15, 0.2) is 0 Å². The molecule has 18 heavy (non-hydrogen) atoms. The number of carboxylic acid groups (broad SMARTS) is 1. The molecule has 0 aromatic carbocycles. The van der Waals surface area contributed by atoms with Crippen LogP contribution in [-0.2, 0) is 9.59 Å². The second-order valence-corrected chi connectivity index (χ2v) is 6.71. The van der Waals surface area contributed by atoms with Gasteiger partial charge in [0, 0.05) is 12.2 Å². The minimum absolute atomic E-state index is 0.00534. The summed E-state index contributed by atoms with van der Waals surface area (Å²) < 4.78 is 0. The fraction of sp³-hybridized carbons (Fsp3) is 0.846. The summed E-state index contributed by atoms with van der Waals surface area (Å²) in [7, 11) is 0. The lowest BCUT2D eigenvalue weighted by molar-refractivity contribution is -0.149. The van der Waals surface area contributed by atoms with Crippen LogP contribution in [0.1, 0.15) is 40.5 Å². The molecule has 2 atom stereocenters. The van der Waals surface area contributed by atoms with Crippen molar-refractivity contribution in [3.05, 3.63) is 0 Å². The number of hydrogen-bond donors (Lipinski definition) is 1. The molecular weight excluding hydrogens is 250 g/mol. The Balaban J connectivity index is 2.76. The Morgan fingerprint density at radius 3 is 2.39 bits per heavy atom. The highest BCUT2D eigenvalue weighted by atomic mass is 32.2. The molecule has 0 aromatic heterocycles. The predicted molar refractivity (Wildman–Crippen MR) is 73.4 cm³/mol. The van der Waals surface area contributed by atoms with E-state index in [2.05, 4.69) is 13.8 Å². The maximum Gasteiger partial charge on any atom is 0.327 e. The van der Waals surface area contributed by atoms with Crippen LogP contribution in [0.3, 0.4) is 0 Å². The normalized spacial score (nSPS) is 24.0. The predicted octanol–water partition coefficient (Wildman–Crippen LogP) is 2.43. The molecule has 104 valence electrons. The van der Waals surface area contributed by atoms with E-state index >= 15 is 0 Å². The van der Waals surface area contributed by atoms with Gasteiger partial charge >= 0.3 is 5.97 Å². The molecule has 1 rings (SSSR count). The van der Waals surface area contributed by atoms with Crippen molar-refractivity contribution in [3.8, 4) is 0 Å². The summed E-state index contributed by atoms with van der Waals surface area (Å²) in [5.41, 5.74) is 0. The third-order valence-corrected chi connectivity index (χ3v) is 4.73. The van der Waals surface area contributed by atoms with Crippen LogP contribution >= 0.6 is 11.8 Å². The molecule has 0 bridgehead atoms. The number of rotatable bonds is 5. The van der Waals surface area contributed by atoms with Crippen molar-refractivity contribution in [1.29, 1.82) is 0 Å². The number of carbonyl (C=O) groups is 2. The van der Waals surface area contributed by atoms with Gasteiger partial charge in [-0.25, -0.2) is 4.79 Å². The number of nitrogens with zero attached hydrogens (tertiary/aromatic N) is 1. The molecule has 4 nitrogen and oxygen atoms in total. The molecule has 1 amide bonds. The lowest BCUT2D eigenvalue weighted by atomic mass is 10.1. The molecular formula is C13H23NO3S. The first-order valence-electron chi connectivity index (χ1n) is 6.50. The van der Waals surface area contributed by atoms with Crippen molar-refractivity contribution < 1.29 is 14.7 Å². The lowest BCUT2D eigenvalue weighted by Crippen LogP contribution is -2.47. The maximum atomic E-state index is 12.2. The van der Waals surface area contributed by atoms with Crippen molar-refractivity contribution in [2.45, 2.75) is 52.0 Å². The molecule has 2 unspecified atom stereocenters. The van der Waals surface area contributed by atoms with Crippen LogP contribution in [0.25, 0.3) is 0 Å². The van der Waals surface area contributed by atoms with Gasteiger partial charge in [-0.15, -0.1) is 11.8 Å². The van der Waals surface area contributed by atoms with Crippen molar-refractivity contribution in [2.75, 3.05) is 5.75 Å². The lowest BCUT2D eigenvalue weighted by Gasteiger charge is -2.30. The van der Waals surface area contributed by atoms with Crippen molar-refractivity contribution in [3.63, 3.8) is 0 Å². The van der Waals surface area contributed by atoms with Crippen LogP contribution in [0.2, 0.25) is 0 Å². The van der Waals surface area contributed by atoms with Crippen molar-refractivity contribution in [1.82, 2.24) is 4.90 Å². The van der Waals surface area contributed by atoms with Gasteiger partial charge in [-0.05, 0) is 18.3 Å². The van der Waals surface area contributed by atoms with Crippen LogP contribution in [-0.4, -0.2) is 39.1 Å². The molecule has 0 saturated carbocycles. The van der Waals surface area contributed by atoms with E-state index in [4.69, 9.17) is 0 Å². The largest absolute Gasteiger partial charge is 0.480 e. The summed E-state index contributed by atoms with van der Waals surface area (Å²) in [5, 5.41) is 9.21. The smallest absolute Gasteiger partial charge is 0.327 e. The molecule has 1 aliphatic heterocycles. The van der Waals surface area contributed by atoms with Crippen LogP contribution in [0.4, 0.5) is 0 Å². The highest BCUT2D eigenvalue weighted by Gasteiger charge is 2.42. The van der Waals surface area contributed by atoms with Gasteiger partial charge in [0.05, 0.1) is 5.37 Å². The summed E-state index contributed by atoms with van der Waals surface area (Å²) in [6.45, 7) is 8.20. The third kappa shape index (κ3) is 3.64. The number of carbonyl (C=O) groups excluding carboxylic acids is 1. The number of carboxylic acids is 1. The first-order valence-corrected chi connectivity index (χ1v) is 7.55. The quantitative estimate of drug-likeness (QED) is 0.836. The number of thioether (sulfide) groups is 1. The molecule has 0 spiro atoms. The SMILES string of the molecule is CC(C)CCC(=O)N1C(C(=O)O)CSC1C(C)C. The summed E-state index contributed by atoms with van der Waals surface area (Å²) >= 11 is 1.58. The summed E-state index contributed by atoms with van der Waals surface area (Å²) in [6, 6.07) is -0.651. The summed E-state index contributed by atoms with van der Waals surface area (Å²) in [5.74, 6) is 0.349. The zero-order valence-corrected chi connectivity index (χ0v) is 12.4. The minimum Gasteiger partial charge on any atom is -0.480 e. The van der Waals surface area contributed by atoms with Gasteiger partial charge in [0.2, 0.25) is 5.91 Å². The third-order valence-electron chi connectivity index (χ3n) is 3.11. The Bertz CT molecular complexity index is 317. The van der Waals surface area contributed by atoms with Crippen LogP contribution in [0.5, 0.6) is 0 Å². The summed E-state index contributed by atoms with van der Waals surface area (Å²) in [6.07, 6.45) is 1.27. The van der Waals surface area contributed by atoms with Crippen LogP contribution < -0.4 is 0 Å². The van der Waals surface area contributed by atoms with E-state index in [0.29, 0.717) is 18.1 Å². The number of aliphatic carboxylic acids is 1. The second kappa shape index (κ2) is 6.45.